The largest absolute Gasteiger partial charge is 0.493 e. The number of carbonyl (C=O) groups is 1. The van der Waals surface area contributed by atoms with Crippen molar-refractivity contribution in [1.29, 1.82) is 0 Å². The first kappa shape index (κ1) is 19.7. The van der Waals surface area contributed by atoms with Gasteiger partial charge in [-0.05, 0) is 37.4 Å². The molecular formula is C18H24ClN3O2S. The topological polar surface area (TPSA) is 68.5 Å². The van der Waals surface area contributed by atoms with E-state index < -0.39 is 0 Å². The Kier molecular flexibility index (Phi) is 7.68. The van der Waals surface area contributed by atoms with Gasteiger partial charge in [-0.1, -0.05) is 18.2 Å². The number of likely N-dealkylation sites (tertiary alicyclic amines) is 1. The average Bonchev–Trinajstić information content (AvgIpc) is 3.10. The summed E-state index contributed by atoms with van der Waals surface area (Å²) in [6.45, 7) is 2.81. The molecule has 2 aromatic rings. The lowest BCUT2D eigenvalue weighted by Gasteiger charge is -2.31. The van der Waals surface area contributed by atoms with Gasteiger partial charge in [-0.3, -0.25) is 4.79 Å². The molecule has 0 bridgehead atoms. The van der Waals surface area contributed by atoms with E-state index in [1.54, 1.807) is 0 Å². The van der Waals surface area contributed by atoms with Gasteiger partial charge in [-0.2, -0.15) is 0 Å². The molecule has 0 spiro atoms. The third-order valence-corrected chi connectivity index (χ3v) is 5.17. The zero-order valence-corrected chi connectivity index (χ0v) is 15.7. The van der Waals surface area contributed by atoms with Gasteiger partial charge in [0.2, 0.25) is 0 Å². The summed E-state index contributed by atoms with van der Waals surface area (Å²) < 4.78 is 5.83. The number of nitrogens with zero attached hydrogens (tertiary/aromatic N) is 2. The van der Waals surface area contributed by atoms with Crippen LogP contribution in [-0.2, 0) is 6.42 Å². The number of aromatic nitrogens is 1. The quantitative estimate of drug-likeness (QED) is 0.835. The van der Waals surface area contributed by atoms with Crippen LogP contribution in [0.4, 0.5) is 0 Å². The molecule has 1 aliphatic rings. The molecule has 1 fully saturated rings. The minimum absolute atomic E-state index is 0. The van der Waals surface area contributed by atoms with Gasteiger partial charge in [-0.15, -0.1) is 23.7 Å². The number of rotatable bonds is 6. The first-order valence-corrected chi connectivity index (χ1v) is 9.26. The van der Waals surface area contributed by atoms with Crippen molar-refractivity contribution in [3.63, 3.8) is 0 Å². The maximum atomic E-state index is 12.5. The number of hydrogen-bond acceptors (Lipinski definition) is 5. The molecule has 1 saturated heterocycles. The number of nitrogens with two attached hydrogens (primary N) is 1. The van der Waals surface area contributed by atoms with Crippen molar-refractivity contribution in [2.24, 2.45) is 11.7 Å². The van der Waals surface area contributed by atoms with E-state index in [1.807, 2.05) is 40.6 Å². The maximum absolute atomic E-state index is 12.5. The van der Waals surface area contributed by atoms with Gasteiger partial charge < -0.3 is 15.4 Å². The predicted octanol–water partition coefficient (Wildman–Crippen LogP) is 3.00. The van der Waals surface area contributed by atoms with Gasteiger partial charge >= 0.3 is 0 Å². The Morgan fingerprint density at radius 2 is 2.00 bits per heavy atom. The van der Waals surface area contributed by atoms with Crippen LogP contribution in [0.3, 0.4) is 0 Å². The van der Waals surface area contributed by atoms with E-state index >= 15 is 0 Å². The van der Waals surface area contributed by atoms with E-state index in [-0.39, 0.29) is 18.3 Å². The van der Waals surface area contributed by atoms with E-state index in [9.17, 15) is 4.79 Å². The van der Waals surface area contributed by atoms with Gasteiger partial charge in [0.25, 0.3) is 5.91 Å². The van der Waals surface area contributed by atoms with E-state index in [0.29, 0.717) is 24.8 Å². The van der Waals surface area contributed by atoms with Crippen molar-refractivity contribution in [2.75, 3.05) is 26.2 Å². The predicted molar refractivity (Wildman–Crippen MR) is 103 cm³/mol. The minimum atomic E-state index is 0. The van der Waals surface area contributed by atoms with Crippen LogP contribution in [0.25, 0.3) is 0 Å². The summed E-state index contributed by atoms with van der Waals surface area (Å²) in [5.74, 6) is 1.44. The van der Waals surface area contributed by atoms with E-state index in [0.717, 1.165) is 43.1 Å². The highest BCUT2D eigenvalue weighted by Crippen LogP contribution is 2.21. The minimum Gasteiger partial charge on any atom is -0.493 e. The third-order valence-electron chi connectivity index (χ3n) is 4.26. The first-order valence-electron chi connectivity index (χ1n) is 8.38. The van der Waals surface area contributed by atoms with Crippen molar-refractivity contribution in [2.45, 2.75) is 19.3 Å². The number of piperidine rings is 1. The van der Waals surface area contributed by atoms with Gasteiger partial charge in [0, 0.05) is 24.9 Å². The molecule has 7 heteroatoms. The Bertz CT molecular complexity index is 657. The van der Waals surface area contributed by atoms with Crippen molar-refractivity contribution in [3.8, 4) is 5.75 Å². The SMILES string of the molecule is Cl.NCCc1nc(C(=O)N2CCC(COc3ccccc3)CC2)cs1. The van der Waals surface area contributed by atoms with Gasteiger partial charge in [0.05, 0.1) is 11.6 Å². The number of hydrogen-bond donors (Lipinski definition) is 1. The third kappa shape index (κ3) is 5.42. The van der Waals surface area contributed by atoms with Gasteiger partial charge in [0.1, 0.15) is 11.4 Å². The molecule has 136 valence electrons. The molecule has 1 aromatic heterocycles. The molecule has 3 rings (SSSR count). The van der Waals surface area contributed by atoms with Crippen molar-refractivity contribution >= 4 is 29.7 Å². The zero-order valence-electron chi connectivity index (χ0n) is 14.1. The Hall–Kier alpha value is -1.63. The summed E-state index contributed by atoms with van der Waals surface area (Å²) in [5, 5.41) is 2.78. The van der Waals surface area contributed by atoms with Crippen molar-refractivity contribution < 1.29 is 9.53 Å². The molecule has 0 radical (unpaired) electrons. The fourth-order valence-corrected chi connectivity index (χ4v) is 3.63. The molecule has 0 aliphatic carbocycles. The second-order valence-electron chi connectivity index (χ2n) is 6.02. The summed E-state index contributed by atoms with van der Waals surface area (Å²) in [7, 11) is 0. The van der Waals surface area contributed by atoms with Crippen molar-refractivity contribution in [3.05, 3.63) is 46.4 Å². The first-order chi connectivity index (χ1) is 11.8. The molecule has 2 N–H and O–H groups in total. The maximum Gasteiger partial charge on any atom is 0.273 e. The lowest BCUT2D eigenvalue weighted by atomic mass is 9.97. The normalized spacial score (nSPS) is 14.8. The number of para-hydroxylation sites is 1. The number of benzene rings is 1. The number of halogens is 1. The van der Waals surface area contributed by atoms with E-state index in [2.05, 4.69) is 4.98 Å². The highest BCUT2D eigenvalue weighted by atomic mass is 35.5. The molecule has 0 saturated carbocycles. The van der Waals surface area contributed by atoms with E-state index in [1.165, 1.54) is 11.3 Å². The molecule has 1 aromatic carbocycles. The summed E-state index contributed by atoms with van der Waals surface area (Å²) in [6.07, 6.45) is 2.67. The summed E-state index contributed by atoms with van der Waals surface area (Å²) >= 11 is 1.51. The van der Waals surface area contributed by atoms with Crippen molar-refractivity contribution in [1.82, 2.24) is 9.88 Å². The number of ether oxygens (including phenoxy) is 1. The number of thiazole rings is 1. The van der Waals surface area contributed by atoms with Crippen LogP contribution in [-0.4, -0.2) is 42.0 Å². The highest BCUT2D eigenvalue weighted by molar-refractivity contribution is 7.09. The lowest BCUT2D eigenvalue weighted by molar-refractivity contribution is 0.0656. The lowest BCUT2D eigenvalue weighted by Crippen LogP contribution is -2.39. The Morgan fingerprint density at radius 3 is 2.68 bits per heavy atom. The summed E-state index contributed by atoms with van der Waals surface area (Å²) in [5.41, 5.74) is 6.09. The number of amides is 1. The summed E-state index contributed by atoms with van der Waals surface area (Å²) in [4.78, 5) is 18.8. The number of carbonyl (C=O) groups excluding carboxylic acids is 1. The summed E-state index contributed by atoms with van der Waals surface area (Å²) in [6, 6.07) is 9.88. The standard InChI is InChI=1S/C18H23N3O2S.ClH/c19-9-6-17-20-16(13-24-17)18(22)21-10-7-14(8-11-21)12-23-15-4-2-1-3-5-15;/h1-5,13-14H,6-12,19H2;1H. The van der Waals surface area contributed by atoms with Crippen LogP contribution in [0, 0.1) is 5.92 Å². The second-order valence-corrected chi connectivity index (χ2v) is 6.97. The molecule has 25 heavy (non-hydrogen) atoms. The molecule has 0 atom stereocenters. The van der Waals surface area contributed by atoms with E-state index in [4.69, 9.17) is 10.5 Å². The monoisotopic (exact) mass is 381 g/mol. The molecule has 2 heterocycles. The fraction of sp³-hybridized carbons (Fsp3) is 0.444. The second kappa shape index (κ2) is 9.75. The Morgan fingerprint density at radius 1 is 1.28 bits per heavy atom. The zero-order chi connectivity index (χ0) is 16.8. The van der Waals surface area contributed by atoms with Crippen LogP contribution in [0.15, 0.2) is 35.7 Å². The van der Waals surface area contributed by atoms with Crippen LogP contribution in [0.5, 0.6) is 5.75 Å². The Balaban J connectivity index is 0.00000225. The fourth-order valence-electron chi connectivity index (χ4n) is 2.84. The molecule has 1 aliphatic heterocycles. The van der Waals surface area contributed by atoms with Crippen LogP contribution in [0.2, 0.25) is 0 Å². The van der Waals surface area contributed by atoms with Crippen LogP contribution >= 0.6 is 23.7 Å². The van der Waals surface area contributed by atoms with Gasteiger partial charge in [0.15, 0.2) is 0 Å². The van der Waals surface area contributed by atoms with Crippen LogP contribution in [0.1, 0.15) is 28.3 Å². The van der Waals surface area contributed by atoms with Gasteiger partial charge in [-0.25, -0.2) is 4.98 Å². The smallest absolute Gasteiger partial charge is 0.273 e. The average molecular weight is 382 g/mol. The Labute approximate surface area is 158 Å². The molecule has 1 amide bonds. The highest BCUT2D eigenvalue weighted by Gasteiger charge is 2.25. The molecule has 0 unspecified atom stereocenters. The molecule has 5 nitrogen and oxygen atoms in total. The molecular weight excluding hydrogens is 358 g/mol. The van der Waals surface area contributed by atoms with Crippen LogP contribution < -0.4 is 10.5 Å².